The van der Waals surface area contributed by atoms with Crippen molar-refractivity contribution >= 4 is 17.6 Å². The number of aromatic hydroxyl groups is 1. The molecule has 4 rings (SSSR count). The zero-order chi connectivity index (χ0) is 25.5. The van der Waals surface area contributed by atoms with Crippen molar-refractivity contribution in [3.63, 3.8) is 0 Å². The van der Waals surface area contributed by atoms with E-state index in [0.717, 1.165) is 42.5 Å². The third-order valence-electron chi connectivity index (χ3n) is 6.59. The lowest BCUT2D eigenvalue weighted by atomic mass is 9.76. The van der Waals surface area contributed by atoms with E-state index in [1.807, 2.05) is 36.4 Å². The topological polar surface area (TPSA) is 94.1 Å². The van der Waals surface area contributed by atoms with Gasteiger partial charge in [-0.2, -0.15) is 0 Å². The van der Waals surface area contributed by atoms with E-state index in [-0.39, 0.29) is 18.1 Å². The molecule has 1 aliphatic carbocycles. The van der Waals surface area contributed by atoms with Crippen molar-refractivity contribution in [2.75, 3.05) is 12.4 Å². The summed E-state index contributed by atoms with van der Waals surface area (Å²) in [4.78, 5) is 33.8. The molecule has 0 spiro atoms. The summed E-state index contributed by atoms with van der Waals surface area (Å²) in [7, 11) is 1.48. The molecule has 0 unspecified atom stereocenters. The molecule has 1 fully saturated rings. The Kier molecular flexibility index (Phi) is 8.10. The normalized spacial score (nSPS) is 17.2. The number of hydrogen-bond acceptors (Lipinski definition) is 6. The van der Waals surface area contributed by atoms with Gasteiger partial charge in [0, 0.05) is 18.2 Å². The molecule has 0 aliphatic heterocycles. The maximum atomic E-state index is 12.6. The van der Waals surface area contributed by atoms with Crippen molar-refractivity contribution in [1.29, 1.82) is 0 Å². The van der Waals surface area contributed by atoms with Crippen LogP contribution in [0.15, 0.2) is 66.7 Å². The Morgan fingerprint density at radius 1 is 0.917 bits per heavy atom. The minimum Gasteiger partial charge on any atom is -0.504 e. The summed E-state index contributed by atoms with van der Waals surface area (Å²) >= 11 is 0. The molecule has 0 bridgehead atoms. The van der Waals surface area contributed by atoms with Gasteiger partial charge in [0.25, 0.3) is 0 Å². The number of phenols is 1. The van der Waals surface area contributed by atoms with E-state index in [1.165, 1.54) is 25.7 Å². The van der Waals surface area contributed by atoms with Crippen LogP contribution in [0, 0.1) is 0 Å². The number of ether oxygens (including phenoxy) is 1. The van der Waals surface area contributed by atoms with Crippen molar-refractivity contribution in [2.45, 2.75) is 50.9 Å². The predicted octanol–water partition coefficient (Wildman–Crippen LogP) is 5.88. The van der Waals surface area contributed by atoms with Crippen LogP contribution in [0.5, 0.6) is 17.2 Å². The molecule has 3 aromatic carbocycles. The molecular weight excluding hydrogens is 458 g/mol. The second-order valence-corrected chi connectivity index (χ2v) is 9.10. The molecule has 0 atom stereocenters. The van der Waals surface area contributed by atoms with Crippen molar-refractivity contribution in [1.82, 2.24) is 0 Å². The molecule has 0 radical (unpaired) electrons. The summed E-state index contributed by atoms with van der Waals surface area (Å²) in [5.74, 6) is 1.10. The molecular formula is C29H31NO6. The van der Waals surface area contributed by atoms with Gasteiger partial charge in [0.05, 0.1) is 13.5 Å². The van der Waals surface area contributed by atoms with Crippen molar-refractivity contribution in [3.8, 4) is 17.2 Å². The lowest BCUT2D eigenvalue weighted by molar-refractivity contribution is -0.211. The molecule has 7 heteroatoms. The van der Waals surface area contributed by atoms with Gasteiger partial charge in [-0.05, 0) is 79.0 Å². The Morgan fingerprint density at radius 2 is 1.67 bits per heavy atom. The largest absolute Gasteiger partial charge is 0.504 e. The first kappa shape index (κ1) is 25.1. The van der Waals surface area contributed by atoms with E-state index >= 15 is 0 Å². The maximum Gasteiger partial charge on any atom is 0.352 e. The minimum absolute atomic E-state index is 0.0458. The average Bonchev–Trinajstić information content (AvgIpc) is 2.89. The van der Waals surface area contributed by atoms with E-state index in [1.54, 1.807) is 12.1 Å². The quantitative estimate of drug-likeness (QED) is 0.303. The SMILES string of the molecule is COc1cc(CC(=O)Nc2cccc(C3CCC(c4ccccc4OOC(C)=O)CC3)c2)ccc1O. The Balaban J connectivity index is 1.36. The highest BCUT2D eigenvalue weighted by Gasteiger charge is 2.26. The smallest absolute Gasteiger partial charge is 0.352 e. The summed E-state index contributed by atoms with van der Waals surface area (Å²) in [5.41, 5.74) is 3.80. The van der Waals surface area contributed by atoms with Gasteiger partial charge in [-0.25, -0.2) is 4.79 Å². The van der Waals surface area contributed by atoms with Crippen molar-refractivity contribution in [3.05, 3.63) is 83.4 Å². The molecule has 2 N–H and O–H groups in total. The summed E-state index contributed by atoms with van der Waals surface area (Å²) in [5, 5.41) is 12.7. The number of rotatable bonds is 8. The Morgan fingerprint density at radius 3 is 2.42 bits per heavy atom. The average molecular weight is 490 g/mol. The monoisotopic (exact) mass is 489 g/mol. The van der Waals surface area contributed by atoms with E-state index in [0.29, 0.717) is 23.3 Å². The van der Waals surface area contributed by atoms with Gasteiger partial charge in [0.15, 0.2) is 17.2 Å². The molecule has 7 nitrogen and oxygen atoms in total. The number of methoxy groups -OCH3 is 1. The number of nitrogens with one attached hydrogen (secondary N) is 1. The number of carbonyl (C=O) groups excluding carboxylic acids is 2. The first-order chi connectivity index (χ1) is 17.4. The minimum atomic E-state index is -0.483. The first-order valence-electron chi connectivity index (χ1n) is 12.1. The van der Waals surface area contributed by atoms with Gasteiger partial charge >= 0.3 is 5.97 Å². The second-order valence-electron chi connectivity index (χ2n) is 9.10. The van der Waals surface area contributed by atoms with Crippen LogP contribution in [0.4, 0.5) is 5.69 Å². The zero-order valence-corrected chi connectivity index (χ0v) is 20.5. The van der Waals surface area contributed by atoms with E-state index in [2.05, 4.69) is 17.4 Å². The Labute approximate surface area is 210 Å². The molecule has 0 heterocycles. The number of anilines is 1. The zero-order valence-electron chi connectivity index (χ0n) is 20.5. The molecule has 3 aromatic rings. The van der Waals surface area contributed by atoms with Gasteiger partial charge in [-0.3, -0.25) is 14.6 Å². The fourth-order valence-electron chi connectivity index (χ4n) is 4.83. The van der Waals surface area contributed by atoms with Gasteiger partial charge < -0.3 is 15.2 Å². The molecule has 36 heavy (non-hydrogen) atoms. The van der Waals surface area contributed by atoms with Crippen LogP contribution in [0.2, 0.25) is 0 Å². The summed E-state index contributed by atoms with van der Waals surface area (Å²) in [6.07, 6.45) is 4.18. The number of para-hydroxylation sites is 1. The standard InChI is InChI=1S/C29H31NO6/c1-19(31)35-36-27-9-4-3-8-25(27)22-13-11-21(12-14-22)23-6-5-7-24(18-23)30-29(33)17-20-10-15-26(32)28(16-20)34-2/h3-10,15-16,18,21-22,32H,11-14,17H2,1-2H3,(H,30,33). The number of benzene rings is 3. The third kappa shape index (κ3) is 6.36. The number of hydrogen-bond donors (Lipinski definition) is 2. The van der Waals surface area contributed by atoms with Crippen LogP contribution in [0.3, 0.4) is 0 Å². The van der Waals surface area contributed by atoms with Gasteiger partial charge in [-0.1, -0.05) is 36.4 Å². The van der Waals surface area contributed by atoms with Gasteiger partial charge in [-0.15, -0.1) is 0 Å². The van der Waals surface area contributed by atoms with Crippen molar-refractivity contribution in [2.24, 2.45) is 0 Å². The van der Waals surface area contributed by atoms with Crippen LogP contribution >= 0.6 is 0 Å². The van der Waals surface area contributed by atoms with E-state index in [9.17, 15) is 14.7 Å². The van der Waals surface area contributed by atoms with Crippen LogP contribution in [0.1, 0.15) is 61.1 Å². The predicted molar refractivity (Wildman–Crippen MR) is 136 cm³/mol. The fraction of sp³-hybridized carbons (Fsp3) is 0.310. The summed E-state index contributed by atoms with van der Waals surface area (Å²) in [6, 6.07) is 20.6. The first-order valence-corrected chi connectivity index (χ1v) is 12.1. The highest BCUT2D eigenvalue weighted by Crippen LogP contribution is 2.43. The molecule has 188 valence electrons. The van der Waals surface area contributed by atoms with Crippen LogP contribution in [-0.2, 0) is 20.9 Å². The van der Waals surface area contributed by atoms with Crippen LogP contribution < -0.4 is 14.9 Å². The third-order valence-corrected chi connectivity index (χ3v) is 6.59. The molecule has 1 aliphatic rings. The van der Waals surface area contributed by atoms with Crippen LogP contribution in [-0.4, -0.2) is 24.1 Å². The second kappa shape index (κ2) is 11.6. The maximum absolute atomic E-state index is 12.6. The lowest BCUT2D eigenvalue weighted by Gasteiger charge is -2.30. The number of carbonyl (C=O) groups is 2. The van der Waals surface area contributed by atoms with E-state index < -0.39 is 5.97 Å². The van der Waals surface area contributed by atoms with Crippen LogP contribution in [0.25, 0.3) is 0 Å². The molecule has 1 saturated carbocycles. The summed E-state index contributed by atoms with van der Waals surface area (Å²) in [6.45, 7) is 1.31. The van der Waals surface area contributed by atoms with Gasteiger partial charge in [0.1, 0.15) is 0 Å². The highest BCUT2D eigenvalue weighted by atomic mass is 17.2. The Bertz CT molecular complexity index is 1220. The number of phenolic OH excluding ortho intramolecular Hbond substituents is 1. The molecule has 1 amide bonds. The summed E-state index contributed by atoms with van der Waals surface area (Å²) < 4.78 is 5.12. The fourth-order valence-corrected chi connectivity index (χ4v) is 4.83. The lowest BCUT2D eigenvalue weighted by Crippen LogP contribution is -2.16. The van der Waals surface area contributed by atoms with Crippen molar-refractivity contribution < 1.29 is 29.2 Å². The Hall–Kier alpha value is -4.00. The number of amides is 1. The van der Waals surface area contributed by atoms with E-state index in [4.69, 9.17) is 14.5 Å². The van der Waals surface area contributed by atoms with Gasteiger partial charge in [0.2, 0.25) is 5.91 Å². The molecule has 0 aromatic heterocycles. The molecule has 0 saturated heterocycles. The highest BCUT2D eigenvalue weighted by molar-refractivity contribution is 5.92.